The summed E-state index contributed by atoms with van der Waals surface area (Å²) in [5, 5.41) is 10.8. The second-order valence-corrected chi connectivity index (χ2v) is 6.40. The van der Waals surface area contributed by atoms with Gasteiger partial charge in [0.05, 0.1) is 5.60 Å². The lowest BCUT2D eigenvalue weighted by Gasteiger charge is -2.40. The molecule has 0 unspecified atom stereocenters. The van der Waals surface area contributed by atoms with Crippen LogP contribution in [0, 0.1) is 13.8 Å². The van der Waals surface area contributed by atoms with Gasteiger partial charge in [-0.3, -0.25) is 0 Å². The Morgan fingerprint density at radius 1 is 1.16 bits per heavy atom. The van der Waals surface area contributed by atoms with E-state index in [-0.39, 0.29) is 0 Å². The second kappa shape index (κ2) is 5.64. The van der Waals surface area contributed by atoms with Crippen LogP contribution in [0.3, 0.4) is 0 Å². The van der Waals surface area contributed by atoms with Crippen LogP contribution in [0.1, 0.15) is 43.4 Å². The molecular weight excluding hydrogens is 234 g/mol. The molecule has 0 radical (unpaired) electrons. The van der Waals surface area contributed by atoms with E-state index in [2.05, 4.69) is 50.8 Å². The maximum Gasteiger partial charge on any atom is 0.0712 e. The summed E-state index contributed by atoms with van der Waals surface area (Å²) in [6.07, 6.45) is 2.58. The minimum absolute atomic E-state index is 0.512. The molecule has 0 saturated carbocycles. The molecule has 2 rings (SSSR count). The van der Waals surface area contributed by atoms with E-state index in [0.717, 1.165) is 32.4 Å². The number of nitrogens with zero attached hydrogens (tertiary/aromatic N) is 1. The molecule has 1 saturated heterocycles. The maximum atomic E-state index is 10.8. The molecule has 1 heterocycles. The minimum atomic E-state index is -0.512. The molecular formula is C17H27NO. The van der Waals surface area contributed by atoms with E-state index in [0.29, 0.717) is 6.04 Å². The molecule has 19 heavy (non-hydrogen) atoms. The number of hydrogen-bond donors (Lipinski definition) is 1. The Morgan fingerprint density at radius 2 is 1.68 bits per heavy atom. The van der Waals surface area contributed by atoms with Crippen LogP contribution in [-0.4, -0.2) is 34.7 Å². The number of likely N-dealkylation sites (tertiary alicyclic amines) is 1. The zero-order chi connectivity index (χ0) is 14.0. The summed E-state index contributed by atoms with van der Waals surface area (Å²) in [4.78, 5) is 2.46. The van der Waals surface area contributed by atoms with Crippen LogP contribution in [0.25, 0.3) is 0 Å². The largest absolute Gasteiger partial charge is 0.389 e. The molecule has 0 aliphatic carbocycles. The van der Waals surface area contributed by atoms with Gasteiger partial charge in [0.15, 0.2) is 0 Å². The molecule has 0 aromatic heterocycles. The van der Waals surface area contributed by atoms with Gasteiger partial charge in [0.25, 0.3) is 0 Å². The van der Waals surface area contributed by atoms with E-state index in [1.807, 2.05) is 0 Å². The lowest BCUT2D eigenvalue weighted by Crippen LogP contribution is -2.48. The van der Waals surface area contributed by atoms with Crippen molar-refractivity contribution in [3.63, 3.8) is 0 Å². The van der Waals surface area contributed by atoms with Gasteiger partial charge in [-0.2, -0.15) is 0 Å². The van der Waals surface area contributed by atoms with Crippen LogP contribution in [-0.2, 0) is 6.42 Å². The fraction of sp³-hybridized carbons (Fsp3) is 0.647. The number of piperidine rings is 1. The Bertz CT molecular complexity index is 411. The number of aliphatic hydroxyl groups is 1. The summed E-state index contributed by atoms with van der Waals surface area (Å²) >= 11 is 0. The van der Waals surface area contributed by atoms with Gasteiger partial charge < -0.3 is 10.0 Å². The van der Waals surface area contributed by atoms with Gasteiger partial charge in [0.1, 0.15) is 0 Å². The lowest BCUT2D eigenvalue weighted by molar-refractivity contribution is -0.0273. The Morgan fingerprint density at radius 3 is 2.16 bits per heavy atom. The Kier molecular flexibility index (Phi) is 4.32. The van der Waals surface area contributed by atoms with Crippen molar-refractivity contribution < 1.29 is 5.11 Å². The normalized spacial score (nSPS) is 19.9. The van der Waals surface area contributed by atoms with Crippen molar-refractivity contribution in [2.75, 3.05) is 13.1 Å². The zero-order valence-corrected chi connectivity index (χ0v) is 12.7. The van der Waals surface area contributed by atoms with Crippen LogP contribution < -0.4 is 0 Å². The molecule has 1 aromatic rings. The Hall–Kier alpha value is -0.860. The van der Waals surface area contributed by atoms with E-state index in [1.165, 1.54) is 16.7 Å². The molecule has 1 aromatic carbocycles. The molecule has 1 aliphatic heterocycles. The summed E-state index contributed by atoms with van der Waals surface area (Å²) in [5.41, 5.74) is 3.44. The van der Waals surface area contributed by atoms with Crippen LogP contribution in [0.4, 0.5) is 0 Å². The summed E-state index contributed by atoms with van der Waals surface area (Å²) in [6, 6.07) is 6.98. The van der Waals surface area contributed by atoms with Gasteiger partial charge in [-0.25, -0.2) is 0 Å². The Balaban J connectivity index is 2.07. The van der Waals surface area contributed by atoms with Crippen molar-refractivity contribution >= 4 is 0 Å². The molecule has 1 aliphatic rings. The number of rotatable bonds is 3. The Labute approximate surface area is 117 Å². The highest BCUT2D eigenvalue weighted by atomic mass is 16.3. The van der Waals surface area contributed by atoms with E-state index in [4.69, 9.17) is 0 Å². The highest BCUT2D eigenvalue weighted by Crippen LogP contribution is 2.29. The molecule has 0 atom stereocenters. The van der Waals surface area contributed by atoms with E-state index < -0.39 is 5.60 Å². The molecule has 106 valence electrons. The van der Waals surface area contributed by atoms with Gasteiger partial charge in [-0.05, 0) is 57.2 Å². The summed E-state index contributed by atoms with van der Waals surface area (Å²) in [5.74, 6) is 0. The third-order valence-electron chi connectivity index (χ3n) is 4.61. The fourth-order valence-electron chi connectivity index (χ4n) is 3.09. The number of hydrogen-bond acceptors (Lipinski definition) is 2. The minimum Gasteiger partial charge on any atom is -0.389 e. The van der Waals surface area contributed by atoms with Crippen LogP contribution in [0.2, 0.25) is 0 Å². The first-order chi connectivity index (χ1) is 8.91. The molecule has 0 spiro atoms. The van der Waals surface area contributed by atoms with Gasteiger partial charge in [-0.1, -0.05) is 18.2 Å². The SMILES string of the molecule is Cc1cccc(C)c1CC1(O)CCN(C(C)C)CC1. The fourth-order valence-corrected chi connectivity index (χ4v) is 3.09. The van der Waals surface area contributed by atoms with Gasteiger partial charge in [-0.15, -0.1) is 0 Å². The van der Waals surface area contributed by atoms with Crippen molar-refractivity contribution in [3.05, 3.63) is 34.9 Å². The predicted molar refractivity (Wildman–Crippen MR) is 80.5 cm³/mol. The molecule has 2 heteroatoms. The predicted octanol–water partition coefficient (Wildman–Crippen LogP) is 3.08. The molecule has 1 N–H and O–H groups in total. The van der Waals surface area contributed by atoms with E-state index >= 15 is 0 Å². The third kappa shape index (κ3) is 3.37. The summed E-state index contributed by atoms with van der Waals surface area (Å²) in [7, 11) is 0. The zero-order valence-electron chi connectivity index (χ0n) is 12.7. The molecule has 1 fully saturated rings. The monoisotopic (exact) mass is 261 g/mol. The quantitative estimate of drug-likeness (QED) is 0.904. The molecule has 2 nitrogen and oxygen atoms in total. The summed E-state index contributed by atoms with van der Waals surface area (Å²) in [6.45, 7) is 10.8. The maximum absolute atomic E-state index is 10.8. The standard InChI is InChI=1S/C17H27NO/c1-13(2)18-10-8-17(19,9-11-18)12-16-14(3)6-5-7-15(16)4/h5-7,13,19H,8-12H2,1-4H3. The van der Waals surface area contributed by atoms with Gasteiger partial charge in [0.2, 0.25) is 0 Å². The third-order valence-corrected chi connectivity index (χ3v) is 4.61. The highest BCUT2D eigenvalue weighted by Gasteiger charge is 2.33. The summed E-state index contributed by atoms with van der Waals surface area (Å²) < 4.78 is 0. The van der Waals surface area contributed by atoms with E-state index in [9.17, 15) is 5.11 Å². The van der Waals surface area contributed by atoms with E-state index in [1.54, 1.807) is 0 Å². The molecule has 0 amide bonds. The average Bonchev–Trinajstić information content (AvgIpc) is 2.35. The second-order valence-electron chi connectivity index (χ2n) is 6.40. The number of aryl methyl sites for hydroxylation is 2. The van der Waals surface area contributed by atoms with Crippen molar-refractivity contribution in [3.8, 4) is 0 Å². The average molecular weight is 261 g/mol. The number of benzene rings is 1. The first-order valence-corrected chi connectivity index (χ1v) is 7.43. The van der Waals surface area contributed by atoms with Crippen LogP contribution >= 0.6 is 0 Å². The van der Waals surface area contributed by atoms with Gasteiger partial charge in [0, 0.05) is 25.6 Å². The van der Waals surface area contributed by atoms with Crippen molar-refractivity contribution in [2.24, 2.45) is 0 Å². The molecule has 0 bridgehead atoms. The van der Waals surface area contributed by atoms with Crippen LogP contribution in [0.15, 0.2) is 18.2 Å². The van der Waals surface area contributed by atoms with Crippen molar-refractivity contribution in [2.45, 2.75) is 58.6 Å². The topological polar surface area (TPSA) is 23.5 Å². The first kappa shape index (κ1) is 14.5. The lowest BCUT2D eigenvalue weighted by atomic mass is 9.82. The van der Waals surface area contributed by atoms with Crippen LogP contribution in [0.5, 0.6) is 0 Å². The first-order valence-electron chi connectivity index (χ1n) is 7.43. The van der Waals surface area contributed by atoms with Crippen molar-refractivity contribution in [1.82, 2.24) is 4.90 Å². The van der Waals surface area contributed by atoms with Gasteiger partial charge >= 0.3 is 0 Å². The van der Waals surface area contributed by atoms with Crippen molar-refractivity contribution in [1.29, 1.82) is 0 Å². The smallest absolute Gasteiger partial charge is 0.0712 e. The highest BCUT2D eigenvalue weighted by molar-refractivity contribution is 5.34.